The van der Waals surface area contributed by atoms with E-state index in [-0.39, 0.29) is 24.1 Å². The van der Waals surface area contributed by atoms with Gasteiger partial charge in [0.05, 0.1) is 12.8 Å². The first kappa shape index (κ1) is 14.8. The van der Waals surface area contributed by atoms with E-state index in [0.717, 1.165) is 5.56 Å². The van der Waals surface area contributed by atoms with E-state index < -0.39 is 0 Å². The summed E-state index contributed by atoms with van der Waals surface area (Å²) in [7, 11) is 1.57. The fourth-order valence-corrected chi connectivity index (χ4v) is 1.84. The van der Waals surface area contributed by atoms with Crippen molar-refractivity contribution in [3.63, 3.8) is 0 Å². The molecule has 1 heterocycles. The summed E-state index contributed by atoms with van der Waals surface area (Å²) < 4.78 is 5.02. The third-order valence-corrected chi connectivity index (χ3v) is 3.07. The molecule has 0 aliphatic rings. The van der Waals surface area contributed by atoms with Crippen LogP contribution in [0.2, 0.25) is 0 Å². The molecule has 0 bridgehead atoms. The Bertz CT molecular complexity index is 603. The molecule has 21 heavy (non-hydrogen) atoms. The van der Waals surface area contributed by atoms with Gasteiger partial charge in [-0.3, -0.25) is 9.59 Å². The van der Waals surface area contributed by atoms with Crippen LogP contribution in [0.15, 0.2) is 47.1 Å². The standard InChI is InChI=1S/C16H18N2O3/c1-12-5-7-13(8-6-12)10-17-15(19)11-18(2)16(20)14-4-3-9-21-14/h3-9H,10-11H2,1-2H3,(H,17,19). The van der Waals surface area contributed by atoms with Gasteiger partial charge in [0.1, 0.15) is 0 Å². The summed E-state index contributed by atoms with van der Waals surface area (Å²) in [6.07, 6.45) is 1.43. The van der Waals surface area contributed by atoms with Crippen molar-refractivity contribution in [2.45, 2.75) is 13.5 Å². The number of likely N-dealkylation sites (N-methyl/N-ethyl adjacent to an activating group) is 1. The van der Waals surface area contributed by atoms with Crippen LogP contribution in [0.25, 0.3) is 0 Å². The Morgan fingerprint density at radius 2 is 1.90 bits per heavy atom. The van der Waals surface area contributed by atoms with Crippen LogP contribution in [-0.4, -0.2) is 30.3 Å². The molecule has 0 fully saturated rings. The number of nitrogens with zero attached hydrogens (tertiary/aromatic N) is 1. The largest absolute Gasteiger partial charge is 0.459 e. The summed E-state index contributed by atoms with van der Waals surface area (Å²) in [5, 5.41) is 2.79. The molecule has 0 aliphatic heterocycles. The first-order valence-corrected chi connectivity index (χ1v) is 6.67. The highest BCUT2D eigenvalue weighted by molar-refractivity contribution is 5.94. The first-order chi connectivity index (χ1) is 10.1. The number of hydrogen-bond donors (Lipinski definition) is 1. The predicted octanol–water partition coefficient (Wildman–Crippen LogP) is 1.98. The smallest absolute Gasteiger partial charge is 0.289 e. The van der Waals surface area contributed by atoms with Gasteiger partial charge in [-0.1, -0.05) is 29.8 Å². The fraction of sp³-hybridized carbons (Fsp3) is 0.250. The van der Waals surface area contributed by atoms with E-state index in [0.29, 0.717) is 6.54 Å². The minimum absolute atomic E-state index is 0.00854. The van der Waals surface area contributed by atoms with Gasteiger partial charge in [0.2, 0.25) is 5.91 Å². The maximum atomic E-state index is 11.9. The van der Waals surface area contributed by atoms with Gasteiger partial charge >= 0.3 is 0 Å². The molecule has 1 aromatic carbocycles. The van der Waals surface area contributed by atoms with Crippen LogP contribution in [-0.2, 0) is 11.3 Å². The van der Waals surface area contributed by atoms with Crippen LogP contribution in [0, 0.1) is 6.92 Å². The summed E-state index contributed by atoms with van der Waals surface area (Å²) >= 11 is 0. The van der Waals surface area contributed by atoms with Crippen molar-refractivity contribution in [2.24, 2.45) is 0 Å². The highest BCUT2D eigenvalue weighted by atomic mass is 16.3. The zero-order chi connectivity index (χ0) is 15.2. The molecule has 1 aromatic heterocycles. The Morgan fingerprint density at radius 3 is 2.52 bits per heavy atom. The van der Waals surface area contributed by atoms with Crippen LogP contribution in [0.3, 0.4) is 0 Å². The van der Waals surface area contributed by atoms with Crippen molar-refractivity contribution < 1.29 is 14.0 Å². The lowest BCUT2D eigenvalue weighted by Gasteiger charge is -2.15. The molecule has 0 atom stereocenters. The molecule has 2 rings (SSSR count). The monoisotopic (exact) mass is 286 g/mol. The lowest BCUT2D eigenvalue weighted by molar-refractivity contribution is -0.121. The Balaban J connectivity index is 1.81. The lowest BCUT2D eigenvalue weighted by Crippen LogP contribution is -2.38. The summed E-state index contributed by atoms with van der Waals surface area (Å²) in [6.45, 7) is 2.45. The Hall–Kier alpha value is -2.56. The van der Waals surface area contributed by atoms with Gasteiger partial charge in [-0.05, 0) is 24.6 Å². The van der Waals surface area contributed by atoms with Crippen LogP contribution < -0.4 is 5.32 Å². The number of aryl methyl sites for hydroxylation is 1. The maximum absolute atomic E-state index is 11.9. The van der Waals surface area contributed by atoms with Crippen LogP contribution in [0.4, 0.5) is 0 Å². The second-order valence-corrected chi connectivity index (χ2v) is 4.90. The zero-order valence-electron chi connectivity index (χ0n) is 12.1. The third-order valence-electron chi connectivity index (χ3n) is 3.07. The first-order valence-electron chi connectivity index (χ1n) is 6.67. The number of benzene rings is 1. The molecule has 0 saturated heterocycles. The van der Waals surface area contributed by atoms with Crippen LogP contribution in [0.1, 0.15) is 21.7 Å². The average molecular weight is 286 g/mol. The fourth-order valence-electron chi connectivity index (χ4n) is 1.84. The molecule has 0 radical (unpaired) electrons. The summed E-state index contributed by atoms with van der Waals surface area (Å²) in [5.74, 6) is -0.299. The molecule has 5 nitrogen and oxygen atoms in total. The normalized spacial score (nSPS) is 10.2. The molecule has 5 heteroatoms. The molecule has 0 aliphatic carbocycles. The van der Waals surface area contributed by atoms with Crippen molar-refractivity contribution in [3.8, 4) is 0 Å². The SMILES string of the molecule is Cc1ccc(CNC(=O)CN(C)C(=O)c2ccco2)cc1. The molecule has 1 N–H and O–H groups in total. The molecule has 2 aromatic rings. The van der Waals surface area contributed by atoms with Crippen molar-refractivity contribution >= 4 is 11.8 Å². The highest BCUT2D eigenvalue weighted by Gasteiger charge is 2.16. The molecule has 0 unspecified atom stereocenters. The molecular weight excluding hydrogens is 268 g/mol. The van der Waals surface area contributed by atoms with E-state index in [1.165, 1.54) is 16.7 Å². The summed E-state index contributed by atoms with van der Waals surface area (Å²) in [5.41, 5.74) is 2.20. The van der Waals surface area contributed by atoms with E-state index in [1.54, 1.807) is 19.2 Å². The average Bonchev–Trinajstić information content (AvgIpc) is 3.00. The molecule has 0 spiro atoms. The number of amides is 2. The Morgan fingerprint density at radius 1 is 1.19 bits per heavy atom. The third kappa shape index (κ3) is 4.21. The topological polar surface area (TPSA) is 62.6 Å². The second kappa shape index (κ2) is 6.74. The van der Waals surface area contributed by atoms with Gasteiger partial charge in [0.15, 0.2) is 5.76 Å². The van der Waals surface area contributed by atoms with Crippen molar-refractivity contribution in [1.29, 1.82) is 0 Å². The number of nitrogens with one attached hydrogen (secondary N) is 1. The number of carbonyl (C=O) groups excluding carboxylic acids is 2. The Labute approximate surface area is 123 Å². The lowest BCUT2D eigenvalue weighted by atomic mass is 10.1. The van der Waals surface area contributed by atoms with Gasteiger partial charge < -0.3 is 14.6 Å². The van der Waals surface area contributed by atoms with Gasteiger partial charge in [0, 0.05) is 13.6 Å². The zero-order valence-corrected chi connectivity index (χ0v) is 12.1. The number of furan rings is 1. The minimum atomic E-state index is -0.314. The highest BCUT2D eigenvalue weighted by Crippen LogP contribution is 2.04. The number of rotatable bonds is 5. The van der Waals surface area contributed by atoms with Gasteiger partial charge in [-0.2, -0.15) is 0 Å². The number of carbonyl (C=O) groups is 2. The van der Waals surface area contributed by atoms with Crippen LogP contribution >= 0.6 is 0 Å². The van der Waals surface area contributed by atoms with E-state index in [2.05, 4.69) is 5.32 Å². The van der Waals surface area contributed by atoms with Crippen molar-refractivity contribution in [3.05, 3.63) is 59.5 Å². The molecule has 0 saturated carbocycles. The second-order valence-electron chi connectivity index (χ2n) is 4.90. The van der Waals surface area contributed by atoms with E-state index in [4.69, 9.17) is 4.42 Å². The van der Waals surface area contributed by atoms with E-state index in [9.17, 15) is 9.59 Å². The minimum Gasteiger partial charge on any atom is -0.459 e. The van der Waals surface area contributed by atoms with Gasteiger partial charge in [-0.25, -0.2) is 0 Å². The summed E-state index contributed by atoms with van der Waals surface area (Å²) in [4.78, 5) is 25.1. The quantitative estimate of drug-likeness (QED) is 0.914. The van der Waals surface area contributed by atoms with E-state index in [1.807, 2.05) is 31.2 Å². The molecule has 110 valence electrons. The van der Waals surface area contributed by atoms with Crippen molar-refractivity contribution in [1.82, 2.24) is 10.2 Å². The van der Waals surface area contributed by atoms with Crippen LogP contribution in [0.5, 0.6) is 0 Å². The molecular formula is C16H18N2O3. The predicted molar refractivity (Wildman–Crippen MR) is 78.7 cm³/mol. The summed E-state index contributed by atoms with van der Waals surface area (Å²) in [6, 6.07) is 11.1. The maximum Gasteiger partial charge on any atom is 0.289 e. The molecule has 2 amide bonds. The number of hydrogen-bond acceptors (Lipinski definition) is 3. The van der Waals surface area contributed by atoms with Gasteiger partial charge in [0.25, 0.3) is 5.91 Å². The van der Waals surface area contributed by atoms with E-state index >= 15 is 0 Å². The van der Waals surface area contributed by atoms with Crippen molar-refractivity contribution in [2.75, 3.05) is 13.6 Å². The Kier molecular flexibility index (Phi) is 4.77. The van der Waals surface area contributed by atoms with Gasteiger partial charge in [-0.15, -0.1) is 0 Å².